The summed E-state index contributed by atoms with van der Waals surface area (Å²) in [5.41, 5.74) is -1.03. The minimum atomic E-state index is -4.52. The summed E-state index contributed by atoms with van der Waals surface area (Å²) < 4.78 is 37.2. The number of phenolic OH excluding ortho intramolecular Hbond substituents is 1. The van der Waals surface area contributed by atoms with Gasteiger partial charge < -0.3 is 10.4 Å². The van der Waals surface area contributed by atoms with Crippen LogP contribution in [0.25, 0.3) is 0 Å². The number of carbonyl (C=O) groups is 1. The highest BCUT2D eigenvalue weighted by Gasteiger charge is 2.32. The second-order valence-corrected chi connectivity index (χ2v) is 4.24. The van der Waals surface area contributed by atoms with Crippen molar-refractivity contribution in [3.63, 3.8) is 0 Å². The molecule has 0 spiro atoms. The van der Waals surface area contributed by atoms with Crippen LogP contribution in [-0.4, -0.2) is 23.5 Å². The van der Waals surface area contributed by atoms with Crippen molar-refractivity contribution in [3.05, 3.63) is 29.3 Å². The van der Waals surface area contributed by atoms with Gasteiger partial charge in [-0.15, -0.1) is 0 Å². The van der Waals surface area contributed by atoms with E-state index in [-0.39, 0.29) is 11.3 Å². The molecule has 1 aliphatic rings. The number of ketones is 1. The molecule has 98 valence electrons. The van der Waals surface area contributed by atoms with Gasteiger partial charge >= 0.3 is 6.18 Å². The standard InChI is InChI=1S/C12H12F3NO2/c13-12(14,15)7-3-4-8(10(17)6-7)11(18)9-2-1-5-16-9/h3-4,6,9,16-17H,1-2,5H2. The minimum Gasteiger partial charge on any atom is -0.507 e. The summed E-state index contributed by atoms with van der Waals surface area (Å²) in [4.78, 5) is 11.9. The van der Waals surface area contributed by atoms with Crippen LogP contribution in [0, 0.1) is 0 Å². The molecule has 1 unspecified atom stereocenters. The summed E-state index contributed by atoms with van der Waals surface area (Å²) in [6, 6.07) is 2.01. The lowest BCUT2D eigenvalue weighted by molar-refractivity contribution is -0.137. The van der Waals surface area contributed by atoms with Crippen LogP contribution in [0.2, 0.25) is 0 Å². The summed E-state index contributed by atoms with van der Waals surface area (Å²) in [5, 5.41) is 12.5. The lowest BCUT2D eigenvalue weighted by Gasteiger charge is -2.12. The van der Waals surface area contributed by atoms with E-state index in [1.165, 1.54) is 0 Å². The first-order chi connectivity index (χ1) is 8.39. The zero-order chi connectivity index (χ0) is 13.3. The van der Waals surface area contributed by atoms with Crippen LogP contribution in [0.4, 0.5) is 13.2 Å². The van der Waals surface area contributed by atoms with Gasteiger partial charge in [0.15, 0.2) is 5.78 Å². The number of aromatic hydroxyl groups is 1. The van der Waals surface area contributed by atoms with Gasteiger partial charge in [0.2, 0.25) is 0 Å². The Bertz CT molecular complexity index is 465. The van der Waals surface area contributed by atoms with Crippen LogP contribution in [0.1, 0.15) is 28.8 Å². The number of rotatable bonds is 2. The van der Waals surface area contributed by atoms with Crippen LogP contribution < -0.4 is 5.32 Å². The molecule has 18 heavy (non-hydrogen) atoms. The largest absolute Gasteiger partial charge is 0.507 e. The number of halogens is 3. The fourth-order valence-electron chi connectivity index (χ4n) is 2.01. The Labute approximate surface area is 102 Å². The number of Topliss-reactive ketones (excluding diaryl/α,β-unsaturated/α-hetero) is 1. The third-order valence-electron chi connectivity index (χ3n) is 2.97. The number of hydrogen-bond acceptors (Lipinski definition) is 3. The van der Waals surface area contributed by atoms with Crippen molar-refractivity contribution >= 4 is 5.78 Å². The van der Waals surface area contributed by atoms with Crippen LogP contribution in [0.3, 0.4) is 0 Å². The Hall–Kier alpha value is -1.56. The van der Waals surface area contributed by atoms with Crippen LogP contribution >= 0.6 is 0 Å². The molecule has 2 N–H and O–H groups in total. The number of alkyl halides is 3. The normalized spacial score (nSPS) is 20.1. The third-order valence-corrected chi connectivity index (χ3v) is 2.97. The van der Waals surface area contributed by atoms with Gasteiger partial charge in [-0.2, -0.15) is 13.2 Å². The first-order valence-electron chi connectivity index (χ1n) is 5.57. The molecular weight excluding hydrogens is 247 g/mol. The molecule has 6 heteroatoms. The van der Waals surface area contributed by atoms with Crippen LogP contribution in [0.15, 0.2) is 18.2 Å². The van der Waals surface area contributed by atoms with E-state index in [1.54, 1.807) is 0 Å². The maximum atomic E-state index is 12.4. The Morgan fingerprint density at radius 2 is 2.11 bits per heavy atom. The van der Waals surface area contributed by atoms with Gasteiger partial charge in [-0.1, -0.05) is 0 Å². The molecule has 1 saturated heterocycles. The maximum absolute atomic E-state index is 12.4. The Balaban J connectivity index is 2.27. The highest BCUT2D eigenvalue weighted by atomic mass is 19.4. The first kappa shape index (κ1) is 12.9. The van der Waals surface area contributed by atoms with Gasteiger partial charge in [0.25, 0.3) is 0 Å². The Morgan fingerprint density at radius 3 is 2.61 bits per heavy atom. The monoisotopic (exact) mass is 259 g/mol. The topological polar surface area (TPSA) is 49.3 Å². The van der Waals surface area contributed by atoms with E-state index in [1.807, 2.05) is 0 Å². The lowest BCUT2D eigenvalue weighted by Crippen LogP contribution is -2.30. The SMILES string of the molecule is O=C(c1ccc(C(F)(F)F)cc1O)C1CCCN1. The second kappa shape index (κ2) is 4.61. The summed E-state index contributed by atoms with van der Waals surface area (Å²) in [6.45, 7) is 0.706. The van der Waals surface area contributed by atoms with Gasteiger partial charge in [-0.05, 0) is 37.6 Å². The zero-order valence-corrected chi connectivity index (χ0v) is 9.42. The molecule has 0 aromatic heterocycles. The van der Waals surface area contributed by atoms with Crippen molar-refractivity contribution < 1.29 is 23.1 Å². The minimum absolute atomic E-state index is 0.0672. The molecule has 1 aromatic rings. The zero-order valence-electron chi connectivity index (χ0n) is 9.42. The number of nitrogens with one attached hydrogen (secondary N) is 1. The average Bonchev–Trinajstić information content (AvgIpc) is 2.80. The van der Waals surface area contributed by atoms with E-state index in [2.05, 4.69) is 5.32 Å². The molecule has 0 bridgehead atoms. The molecule has 1 aromatic carbocycles. The predicted octanol–water partition coefficient (Wildman–Crippen LogP) is 2.35. The van der Waals surface area contributed by atoms with Crippen molar-refractivity contribution in [1.29, 1.82) is 0 Å². The second-order valence-electron chi connectivity index (χ2n) is 4.24. The molecular formula is C12H12F3NO2. The molecule has 1 fully saturated rings. The summed E-state index contributed by atoms with van der Waals surface area (Å²) in [7, 11) is 0. The summed E-state index contributed by atoms with van der Waals surface area (Å²) in [6.07, 6.45) is -3.04. The van der Waals surface area contributed by atoms with Crippen molar-refractivity contribution in [3.8, 4) is 5.75 Å². The van der Waals surface area contributed by atoms with E-state index < -0.39 is 23.5 Å². The quantitative estimate of drug-likeness (QED) is 0.801. The summed E-state index contributed by atoms with van der Waals surface area (Å²) in [5.74, 6) is -0.984. The van der Waals surface area contributed by atoms with E-state index >= 15 is 0 Å². The van der Waals surface area contributed by atoms with E-state index in [9.17, 15) is 23.1 Å². The number of hydrogen-bond donors (Lipinski definition) is 2. The molecule has 1 atom stereocenters. The van der Waals surface area contributed by atoms with Gasteiger partial charge in [-0.25, -0.2) is 0 Å². The van der Waals surface area contributed by atoms with Crippen molar-refractivity contribution in [2.45, 2.75) is 25.1 Å². The predicted molar refractivity (Wildman–Crippen MR) is 58.5 cm³/mol. The Morgan fingerprint density at radius 1 is 1.39 bits per heavy atom. The van der Waals surface area contributed by atoms with E-state index in [4.69, 9.17) is 0 Å². The van der Waals surface area contributed by atoms with E-state index in [0.29, 0.717) is 19.0 Å². The fourth-order valence-corrected chi connectivity index (χ4v) is 2.01. The van der Waals surface area contributed by atoms with Crippen molar-refractivity contribution in [1.82, 2.24) is 5.32 Å². The lowest BCUT2D eigenvalue weighted by atomic mass is 10.0. The third kappa shape index (κ3) is 2.48. The van der Waals surface area contributed by atoms with E-state index in [0.717, 1.165) is 18.6 Å². The van der Waals surface area contributed by atoms with Gasteiger partial charge in [-0.3, -0.25) is 4.79 Å². The summed E-state index contributed by atoms with van der Waals surface area (Å²) >= 11 is 0. The maximum Gasteiger partial charge on any atom is 0.416 e. The molecule has 1 heterocycles. The van der Waals surface area contributed by atoms with Crippen molar-refractivity contribution in [2.75, 3.05) is 6.54 Å². The molecule has 0 saturated carbocycles. The molecule has 1 aliphatic heterocycles. The molecule has 3 nitrogen and oxygen atoms in total. The first-order valence-corrected chi connectivity index (χ1v) is 5.57. The Kier molecular flexibility index (Phi) is 3.30. The van der Waals surface area contributed by atoms with Crippen LogP contribution in [-0.2, 0) is 6.18 Å². The average molecular weight is 259 g/mol. The molecule has 0 aliphatic carbocycles. The molecule has 0 radical (unpaired) electrons. The number of phenols is 1. The molecule has 2 rings (SSSR count). The van der Waals surface area contributed by atoms with Crippen molar-refractivity contribution in [2.24, 2.45) is 0 Å². The molecule has 0 amide bonds. The van der Waals surface area contributed by atoms with Gasteiger partial charge in [0.1, 0.15) is 5.75 Å². The fraction of sp³-hybridized carbons (Fsp3) is 0.417. The van der Waals surface area contributed by atoms with Gasteiger partial charge in [0.05, 0.1) is 17.2 Å². The highest BCUT2D eigenvalue weighted by Crippen LogP contribution is 2.33. The van der Waals surface area contributed by atoms with Crippen LogP contribution in [0.5, 0.6) is 5.75 Å². The van der Waals surface area contributed by atoms with Gasteiger partial charge in [0, 0.05) is 0 Å². The number of carbonyl (C=O) groups excluding carboxylic acids is 1. The number of benzene rings is 1. The highest BCUT2D eigenvalue weighted by molar-refractivity contribution is 6.02. The smallest absolute Gasteiger partial charge is 0.416 e.